The highest BCUT2D eigenvalue weighted by molar-refractivity contribution is 5.93. The molecule has 132 valence electrons. The van der Waals surface area contributed by atoms with Crippen LogP contribution in [0, 0.1) is 5.92 Å². The minimum Gasteiger partial charge on any atom is -0.477 e. The fourth-order valence-corrected chi connectivity index (χ4v) is 2.44. The van der Waals surface area contributed by atoms with Crippen molar-refractivity contribution in [2.75, 3.05) is 6.61 Å². The summed E-state index contributed by atoms with van der Waals surface area (Å²) in [5.74, 6) is 1.84. The summed E-state index contributed by atoms with van der Waals surface area (Å²) in [4.78, 5) is 24.8. The van der Waals surface area contributed by atoms with Crippen molar-refractivity contribution >= 4 is 5.91 Å². The Hall–Kier alpha value is -3.22. The van der Waals surface area contributed by atoms with Gasteiger partial charge in [-0.05, 0) is 36.5 Å². The van der Waals surface area contributed by atoms with Gasteiger partial charge in [0.05, 0.1) is 12.2 Å². The molecule has 1 aliphatic rings. The third-order valence-electron chi connectivity index (χ3n) is 4.19. The first-order chi connectivity index (χ1) is 12.8. The Morgan fingerprint density at radius 2 is 2.12 bits per heavy atom. The zero-order valence-corrected chi connectivity index (χ0v) is 14.2. The van der Waals surface area contributed by atoms with Gasteiger partial charge in [-0.3, -0.25) is 9.36 Å². The van der Waals surface area contributed by atoms with Gasteiger partial charge >= 0.3 is 0 Å². The summed E-state index contributed by atoms with van der Waals surface area (Å²) < 4.78 is 7.40. The Balaban J connectivity index is 1.30. The summed E-state index contributed by atoms with van der Waals surface area (Å²) >= 11 is 0. The number of hydrogen-bond acceptors (Lipinski definition) is 5. The van der Waals surface area contributed by atoms with Gasteiger partial charge < -0.3 is 10.1 Å². The molecule has 0 aromatic carbocycles. The number of rotatable bonds is 7. The smallest absolute Gasteiger partial charge is 0.253 e. The topological polar surface area (TPSA) is 81.9 Å². The number of pyridine rings is 2. The molecule has 0 bridgehead atoms. The van der Waals surface area contributed by atoms with E-state index in [1.807, 2.05) is 22.9 Å². The summed E-state index contributed by atoms with van der Waals surface area (Å²) in [6.45, 7) is 1.11. The van der Waals surface area contributed by atoms with Gasteiger partial charge in [-0.25, -0.2) is 15.0 Å². The molecule has 0 spiro atoms. The number of nitrogens with one attached hydrogen (secondary N) is 1. The molecule has 0 radical (unpaired) electrons. The third kappa shape index (κ3) is 4.05. The maximum atomic E-state index is 12.2. The summed E-state index contributed by atoms with van der Waals surface area (Å²) in [6, 6.07) is 7.27. The molecule has 3 aromatic rings. The zero-order chi connectivity index (χ0) is 17.8. The fraction of sp³-hybridized carbons (Fsp3) is 0.263. The van der Waals surface area contributed by atoms with Gasteiger partial charge in [0.15, 0.2) is 0 Å². The molecule has 4 rings (SSSR count). The molecule has 26 heavy (non-hydrogen) atoms. The maximum Gasteiger partial charge on any atom is 0.253 e. The van der Waals surface area contributed by atoms with E-state index in [-0.39, 0.29) is 5.91 Å². The van der Waals surface area contributed by atoms with E-state index in [0.717, 1.165) is 11.4 Å². The van der Waals surface area contributed by atoms with Gasteiger partial charge in [-0.15, -0.1) is 0 Å². The molecule has 0 aliphatic heterocycles. The van der Waals surface area contributed by atoms with Gasteiger partial charge in [0.1, 0.15) is 12.1 Å². The van der Waals surface area contributed by atoms with E-state index in [0.29, 0.717) is 30.5 Å². The molecule has 1 amide bonds. The summed E-state index contributed by atoms with van der Waals surface area (Å²) in [6.07, 6.45) is 11.0. The van der Waals surface area contributed by atoms with Crippen LogP contribution in [0.15, 0.2) is 55.4 Å². The van der Waals surface area contributed by atoms with Crippen LogP contribution in [0.3, 0.4) is 0 Å². The van der Waals surface area contributed by atoms with E-state index >= 15 is 0 Å². The monoisotopic (exact) mass is 349 g/mol. The highest BCUT2D eigenvalue weighted by atomic mass is 16.5. The minimum atomic E-state index is -0.176. The average Bonchev–Trinajstić information content (AvgIpc) is 3.36. The molecule has 1 aliphatic carbocycles. The van der Waals surface area contributed by atoms with E-state index < -0.39 is 0 Å². The Labute approximate surface area is 151 Å². The van der Waals surface area contributed by atoms with Crippen LogP contribution in [-0.2, 0) is 6.54 Å². The predicted molar refractivity (Wildman–Crippen MR) is 95.0 cm³/mol. The molecule has 0 saturated heterocycles. The van der Waals surface area contributed by atoms with E-state index in [1.54, 1.807) is 30.9 Å². The molecular formula is C19H19N5O2. The SMILES string of the molecule is O=C(NCc1ccc(-n2ccnc2)nc1)c1ccc(OCC2CC2)nc1. The lowest BCUT2D eigenvalue weighted by Crippen LogP contribution is -2.23. The standard InChI is InChI=1S/C19H19N5O2/c25-19(16-4-6-18(22-11-16)26-12-14-1-2-14)23-10-15-3-5-17(21-9-15)24-8-7-20-13-24/h3-9,11,13-14H,1-2,10,12H2,(H,23,25). The lowest BCUT2D eigenvalue weighted by atomic mass is 10.2. The summed E-state index contributed by atoms with van der Waals surface area (Å²) in [7, 11) is 0. The molecule has 1 N–H and O–H groups in total. The lowest BCUT2D eigenvalue weighted by molar-refractivity contribution is 0.0950. The Kier molecular flexibility index (Phi) is 4.59. The number of aromatic nitrogens is 4. The number of ether oxygens (including phenoxy) is 1. The maximum absolute atomic E-state index is 12.2. The van der Waals surface area contributed by atoms with Crippen LogP contribution in [0.25, 0.3) is 5.82 Å². The van der Waals surface area contributed by atoms with Crippen LogP contribution in [0.2, 0.25) is 0 Å². The van der Waals surface area contributed by atoms with Crippen molar-refractivity contribution in [1.29, 1.82) is 0 Å². The van der Waals surface area contributed by atoms with Crippen LogP contribution in [0.5, 0.6) is 5.88 Å². The van der Waals surface area contributed by atoms with Crippen molar-refractivity contribution in [1.82, 2.24) is 24.8 Å². The Morgan fingerprint density at radius 1 is 1.19 bits per heavy atom. The lowest BCUT2D eigenvalue weighted by Gasteiger charge is -2.07. The molecule has 7 nitrogen and oxygen atoms in total. The van der Waals surface area contributed by atoms with Crippen LogP contribution in [0.1, 0.15) is 28.8 Å². The normalized spacial score (nSPS) is 13.4. The van der Waals surface area contributed by atoms with E-state index in [1.165, 1.54) is 19.0 Å². The molecule has 1 saturated carbocycles. The molecule has 1 fully saturated rings. The molecule has 0 atom stereocenters. The number of imidazole rings is 1. The largest absolute Gasteiger partial charge is 0.477 e. The Morgan fingerprint density at radius 3 is 2.77 bits per heavy atom. The van der Waals surface area contributed by atoms with Crippen molar-refractivity contribution in [3.63, 3.8) is 0 Å². The summed E-state index contributed by atoms with van der Waals surface area (Å²) in [5, 5.41) is 2.87. The first-order valence-corrected chi connectivity index (χ1v) is 8.58. The Bertz CT molecular complexity index is 856. The number of carbonyl (C=O) groups excluding carboxylic acids is 1. The van der Waals surface area contributed by atoms with Crippen LogP contribution >= 0.6 is 0 Å². The molecule has 3 aromatic heterocycles. The number of amides is 1. The van der Waals surface area contributed by atoms with E-state index in [2.05, 4.69) is 20.3 Å². The highest BCUT2D eigenvalue weighted by Gasteiger charge is 2.22. The third-order valence-corrected chi connectivity index (χ3v) is 4.19. The molecule has 3 heterocycles. The van der Waals surface area contributed by atoms with Crippen LogP contribution in [-0.4, -0.2) is 32.0 Å². The average molecular weight is 349 g/mol. The summed E-state index contributed by atoms with van der Waals surface area (Å²) in [5.41, 5.74) is 1.42. The van der Waals surface area contributed by atoms with Crippen LogP contribution in [0.4, 0.5) is 0 Å². The second kappa shape index (κ2) is 7.35. The number of hydrogen-bond donors (Lipinski definition) is 1. The van der Waals surface area contributed by atoms with Gasteiger partial charge in [0.25, 0.3) is 5.91 Å². The molecule has 7 heteroatoms. The zero-order valence-electron chi connectivity index (χ0n) is 14.2. The van der Waals surface area contributed by atoms with Crippen molar-refractivity contribution in [3.05, 3.63) is 66.5 Å². The minimum absolute atomic E-state index is 0.176. The second-order valence-electron chi connectivity index (χ2n) is 6.32. The van der Waals surface area contributed by atoms with Crippen molar-refractivity contribution < 1.29 is 9.53 Å². The van der Waals surface area contributed by atoms with Crippen molar-refractivity contribution in [3.8, 4) is 11.7 Å². The van der Waals surface area contributed by atoms with Crippen molar-refractivity contribution in [2.24, 2.45) is 5.92 Å². The van der Waals surface area contributed by atoms with E-state index in [4.69, 9.17) is 4.74 Å². The quantitative estimate of drug-likeness (QED) is 0.708. The molecular weight excluding hydrogens is 330 g/mol. The second-order valence-corrected chi connectivity index (χ2v) is 6.32. The van der Waals surface area contributed by atoms with Crippen LogP contribution < -0.4 is 10.1 Å². The first kappa shape index (κ1) is 16.3. The van der Waals surface area contributed by atoms with Gasteiger partial charge in [0.2, 0.25) is 5.88 Å². The fourth-order valence-electron chi connectivity index (χ4n) is 2.44. The van der Waals surface area contributed by atoms with Gasteiger partial charge in [-0.2, -0.15) is 0 Å². The van der Waals surface area contributed by atoms with Gasteiger partial charge in [0, 0.05) is 37.4 Å². The predicted octanol–water partition coefficient (Wildman–Crippen LogP) is 2.38. The highest BCUT2D eigenvalue weighted by Crippen LogP contribution is 2.29. The number of carbonyl (C=O) groups is 1. The van der Waals surface area contributed by atoms with Crippen molar-refractivity contribution in [2.45, 2.75) is 19.4 Å². The number of nitrogens with zero attached hydrogens (tertiary/aromatic N) is 4. The van der Waals surface area contributed by atoms with Gasteiger partial charge in [-0.1, -0.05) is 6.07 Å². The first-order valence-electron chi connectivity index (χ1n) is 8.58. The van der Waals surface area contributed by atoms with E-state index in [9.17, 15) is 4.79 Å². The molecule has 0 unspecified atom stereocenters.